The van der Waals surface area contributed by atoms with E-state index < -0.39 is 0 Å². The minimum absolute atomic E-state index is 0.107. The summed E-state index contributed by atoms with van der Waals surface area (Å²) >= 11 is 0. The van der Waals surface area contributed by atoms with E-state index in [1.807, 2.05) is 47.1 Å². The van der Waals surface area contributed by atoms with Crippen LogP contribution < -0.4 is 15.8 Å². The second kappa shape index (κ2) is 7.25. The van der Waals surface area contributed by atoms with Crippen molar-refractivity contribution in [1.29, 1.82) is 0 Å². The van der Waals surface area contributed by atoms with Gasteiger partial charge in [0.1, 0.15) is 5.76 Å². The molecule has 0 saturated heterocycles. The van der Waals surface area contributed by atoms with Gasteiger partial charge in [0.15, 0.2) is 18.0 Å². The Hall–Kier alpha value is -3.74. The van der Waals surface area contributed by atoms with Crippen LogP contribution in [0.15, 0.2) is 71.6 Å². The molecule has 27 heavy (non-hydrogen) atoms. The molecule has 0 fully saturated rings. The fourth-order valence-electron chi connectivity index (χ4n) is 2.69. The number of hydrogen-bond donors (Lipinski definition) is 2. The molecule has 0 aliphatic rings. The third kappa shape index (κ3) is 3.77. The van der Waals surface area contributed by atoms with Crippen molar-refractivity contribution in [3.05, 3.63) is 72.9 Å². The molecule has 0 spiro atoms. The van der Waals surface area contributed by atoms with Gasteiger partial charge in [-0.2, -0.15) is 0 Å². The van der Waals surface area contributed by atoms with E-state index in [9.17, 15) is 4.79 Å². The zero-order valence-corrected chi connectivity index (χ0v) is 14.5. The first-order valence-corrected chi connectivity index (χ1v) is 8.44. The third-order valence-electron chi connectivity index (χ3n) is 4.05. The van der Waals surface area contributed by atoms with E-state index in [0.29, 0.717) is 29.4 Å². The summed E-state index contributed by atoms with van der Waals surface area (Å²) < 4.78 is 12.7. The molecule has 7 nitrogen and oxygen atoms in total. The van der Waals surface area contributed by atoms with E-state index in [-0.39, 0.29) is 12.5 Å². The Morgan fingerprint density at radius 1 is 1.19 bits per heavy atom. The number of nitrogens with zero attached hydrogens (tertiary/aromatic N) is 2. The largest absolute Gasteiger partial charge is 0.480 e. The average Bonchev–Trinajstić information content (AvgIpc) is 3.35. The van der Waals surface area contributed by atoms with Gasteiger partial charge in [-0.25, -0.2) is 4.98 Å². The Balaban J connectivity index is 1.47. The summed E-state index contributed by atoms with van der Waals surface area (Å²) in [7, 11) is 0. The van der Waals surface area contributed by atoms with E-state index in [1.54, 1.807) is 24.5 Å². The highest BCUT2D eigenvalue weighted by Gasteiger charge is 2.11. The van der Waals surface area contributed by atoms with Gasteiger partial charge in [0.05, 0.1) is 18.5 Å². The van der Waals surface area contributed by atoms with Crippen molar-refractivity contribution < 1.29 is 13.9 Å². The number of pyridine rings is 1. The maximum Gasteiger partial charge on any atom is 0.258 e. The van der Waals surface area contributed by atoms with Gasteiger partial charge in [0.25, 0.3) is 5.91 Å². The van der Waals surface area contributed by atoms with Crippen LogP contribution in [0, 0.1) is 0 Å². The minimum Gasteiger partial charge on any atom is -0.480 e. The van der Waals surface area contributed by atoms with Crippen LogP contribution in [0.25, 0.3) is 16.9 Å². The van der Waals surface area contributed by atoms with Gasteiger partial charge in [0.2, 0.25) is 0 Å². The zero-order chi connectivity index (χ0) is 18.6. The summed E-state index contributed by atoms with van der Waals surface area (Å²) in [4.78, 5) is 16.6. The number of anilines is 1. The van der Waals surface area contributed by atoms with Crippen molar-refractivity contribution in [1.82, 2.24) is 14.7 Å². The molecule has 0 aliphatic carbocycles. The number of carbonyl (C=O) groups excluding carboxylic acids is 1. The predicted octanol–water partition coefficient (Wildman–Crippen LogP) is 2.87. The van der Waals surface area contributed by atoms with Gasteiger partial charge in [-0.1, -0.05) is 12.1 Å². The van der Waals surface area contributed by atoms with Crippen molar-refractivity contribution in [2.24, 2.45) is 0 Å². The maximum atomic E-state index is 12.0. The topological polar surface area (TPSA) is 94.8 Å². The van der Waals surface area contributed by atoms with E-state index in [1.165, 1.54) is 0 Å². The smallest absolute Gasteiger partial charge is 0.258 e. The molecule has 0 atom stereocenters. The Morgan fingerprint density at radius 2 is 2.04 bits per heavy atom. The molecule has 4 aromatic rings. The molecule has 4 rings (SSSR count). The first-order chi connectivity index (χ1) is 13.2. The molecule has 1 aromatic carbocycles. The Morgan fingerprint density at radius 3 is 2.81 bits per heavy atom. The van der Waals surface area contributed by atoms with Crippen LogP contribution >= 0.6 is 0 Å². The summed E-state index contributed by atoms with van der Waals surface area (Å²) in [5, 5.41) is 2.74. The number of imidazole rings is 1. The molecule has 3 heterocycles. The fourth-order valence-corrected chi connectivity index (χ4v) is 2.69. The summed E-state index contributed by atoms with van der Waals surface area (Å²) in [6.45, 7) is 0.217. The second-order valence-electron chi connectivity index (χ2n) is 6.00. The average molecular weight is 362 g/mol. The number of benzene rings is 1. The summed E-state index contributed by atoms with van der Waals surface area (Å²) in [6, 6.07) is 14.7. The van der Waals surface area contributed by atoms with Gasteiger partial charge in [-0.3, -0.25) is 4.79 Å². The van der Waals surface area contributed by atoms with Crippen LogP contribution in [-0.2, 0) is 11.3 Å². The number of furan rings is 1. The molecule has 3 aromatic heterocycles. The van der Waals surface area contributed by atoms with Gasteiger partial charge in [-0.05, 0) is 36.4 Å². The van der Waals surface area contributed by atoms with E-state index >= 15 is 0 Å². The van der Waals surface area contributed by atoms with Gasteiger partial charge >= 0.3 is 0 Å². The van der Waals surface area contributed by atoms with Gasteiger partial charge in [0, 0.05) is 23.6 Å². The number of fused-ring (bicyclic) bond motifs is 1. The lowest BCUT2D eigenvalue weighted by molar-refractivity contribution is -0.123. The maximum absolute atomic E-state index is 12.0. The Labute approximate surface area is 155 Å². The number of ether oxygens (including phenoxy) is 1. The number of nitrogen functional groups attached to an aromatic ring is 1. The van der Waals surface area contributed by atoms with Crippen LogP contribution in [0.5, 0.6) is 5.75 Å². The Bertz CT molecular complexity index is 1050. The van der Waals surface area contributed by atoms with Crippen molar-refractivity contribution in [2.75, 3.05) is 12.3 Å². The molecule has 1 amide bonds. The first kappa shape index (κ1) is 16.7. The standard InChI is InChI=1S/C20H18N4O3/c21-15-7-5-14(6-8-15)17-12-24-9-1-4-18(20(24)23-17)27-13-19(25)22-11-16-3-2-10-26-16/h1-10,12H,11,13,21H2,(H,22,25). The van der Waals surface area contributed by atoms with Crippen LogP contribution in [0.2, 0.25) is 0 Å². The van der Waals surface area contributed by atoms with E-state index in [2.05, 4.69) is 10.3 Å². The lowest BCUT2D eigenvalue weighted by atomic mass is 10.1. The van der Waals surface area contributed by atoms with E-state index in [0.717, 1.165) is 11.3 Å². The number of nitrogens with one attached hydrogen (secondary N) is 1. The second-order valence-corrected chi connectivity index (χ2v) is 6.00. The molecule has 0 radical (unpaired) electrons. The fraction of sp³-hybridized carbons (Fsp3) is 0.100. The highest BCUT2D eigenvalue weighted by Crippen LogP contribution is 2.25. The molecular formula is C20H18N4O3. The zero-order valence-electron chi connectivity index (χ0n) is 14.5. The summed E-state index contributed by atoms with van der Waals surface area (Å²) in [6.07, 6.45) is 5.35. The molecule has 0 bridgehead atoms. The van der Waals surface area contributed by atoms with Crippen molar-refractivity contribution in [2.45, 2.75) is 6.54 Å². The van der Waals surface area contributed by atoms with E-state index in [4.69, 9.17) is 14.9 Å². The molecule has 7 heteroatoms. The summed E-state index contributed by atoms with van der Waals surface area (Å²) in [5.74, 6) is 0.984. The normalized spacial score (nSPS) is 10.8. The minimum atomic E-state index is -0.237. The molecule has 0 unspecified atom stereocenters. The molecule has 0 saturated carbocycles. The number of nitrogens with two attached hydrogens (primary N) is 1. The highest BCUT2D eigenvalue weighted by molar-refractivity contribution is 5.77. The van der Waals surface area contributed by atoms with Crippen LogP contribution in [-0.4, -0.2) is 21.9 Å². The summed E-state index contributed by atoms with van der Waals surface area (Å²) in [5.41, 5.74) is 8.83. The molecule has 0 aliphatic heterocycles. The Kier molecular flexibility index (Phi) is 4.49. The van der Waals surface area contributed by atoms with Crippen LogP contribution in [0.4, 0.5) is 5.69 Å². The monoisotopic (exact) mass is 362 g/mol. The van der Waals surface area contributed by atoms with Crippen LogP contribution in [0.3, 0.4) is 0 Å². The molecule has 136 valence electrons. The lowest BCUT2D eigenvalue weighted by Gasteiger charge is -2.07. The third-order valence-corrected chi connectivity index (χ3v) is 4.05. The number of carbonyl (C=O) groups is 1. The van der Waals surface area contributed by atoms with Crippen molar-refractivity contribution >= 4 is 17.2 Å². The first-order valence-electron chi connectivity index (χ1n) is 8.44. The van der Waals surface area contributed by atoms with Gasteiger partial charge < -0.3 is 24.6 Å². The number of hydrogen-bond acceptors (Lipinski definition) is 5. The number of rotatable bonds is 6. The molecule has 3 N–H and O–H groups in total. The van der Waals surface area contributed by atoms with Gasteiger partial charge in [-0.15, -0.1) is 0 Å². The highest BCUT2D eigenvalue weighted by atomic mass is 16.5. The quantitative estimate of drug-likeness (QED) is 0.514. The van der Waals surface area contributed by atoms with Crippen molar-refractivity contribution in [3.63, 3.8) is 0 Å². The van der Waals surface area contributed by atoms with Crippen LogP contribution in [0.1, 0.15) is 5.76 Å². The SMILES string of the molecule is Nc1ccc(-c2cn3cccc(OCC(=O)NCc4ccco4)c3n2)cc1. The van der Waals surface area contributed by atoms with Crippen molar-refractivity contribution in [3.8, 4) is 17.0 Å². The molecular weight excluding hydrogens is 344 g/mol. The predicted molar refractivity (Wildman–Crippen MR) is 101 cm³/mol. The lowest BCUT2D eigenvalue weighted by Crippen LogP contribution is -2.28. The number of amides is 1. The number of aromatic nitrogens is 2.